The number of aromatic nitrogens is 3. The Morgan fingerprint density at radius 2 is 1.93 bits per heavy atom. The van der Waals surface area contributed by atoms with Crippen molar-refractivity contribution in [2.75, 3.05) is 18.4 Å². The van der Waals surface area contributed by atoms with Gasteiger partial charge >= 0.3 is 6.18 Å². The first-order chi connectivity index (χ1) is 14.4. The lowest BCUT2D eigenvalue weighted by atomic mass is 9.97. The van der Waals surface area contributed by atoms with Crippen LogP contribution in [0.4, 0.5) is 19.0 Å². The third-order valence-electron chi connectivity index (χ3n) is 7.14. The normalized spacial score (nSPS) is 23.8. The molecular weight excluding hydrogens is 391 g/mol. The summed E-state index contributed by atoms with van der Waals surface area (Å²) >= 11 is 0. The second-order valence-electron chi connectivity index (χ2n) is 8.97. The Balaban J connectivity index is 1.35. The van der Waals surface area contributed by atoms with Crippen molar-refractivity contribution in [3.8, 4) is 11.4 Å². The number of nitrogens with one attached hydrogen (secondary N) is 2. The number of pyridine rings is 2. The van der Waals surface area contributed by atoms with Gasteiger partial charge in [0.25, 0.3) is 0 Å². The summed E-state index contributed by atoms with van der Waals surface area (Å²) in [5.41, 5.74) is 0.934. The molecule has 3 aliphatic rings. The molecule has 2 saturated carbocycles. The average molecular weight is 413 g/mol. The van der Waals surface area contributed by atoms with E-state index in [1.54, 1.807) is 28.9 Å². The first-order valence-corrected chi connectivity index (χ1v) is 10.4. The summed E-state index contributed by atoms with van der Waals surface area (Å²) in [4.78, 5) is 9.13. The van der Waals surface area contributed by atoms with Gasteiger partial charge in [-0.1, -0.05) is 12.1 Å². The number of hydrogen-bond acceptors (Lipinski definition) is 4. The van der Waals surface area contributed by atoms with Crippen LogP contribution in [0, 0.1) is 5.41 Å². The zero-order valence-electron chi connectivity index (χ0n) is 16.3. The Hall–Kier alpha value is -2.61. The molecule has 156 valence electrons. The highest BCUT2D eigenvalue weighted by molar-refractivity contribution is 5.62. The lowest BCUT2D eigenvalue weighted by Gasteiger charge is -2.20. The Labute approximate surface area is 171 Å². The maximum absolute atomic E-state index is 13.6. The fourth-order valence-corrected chi connectivity index (χ4v) is 4.85. The van der Waals surface area contributed by atoms with Gasteiger partial charge in [-0.15, -0.1) is 0 Å². The molecule has 3 aromatic rings. The predicted octanol–water partition coefficient (Wildman–Crippen LogP) is 4.15. The molecule has 2 aliphatic carbocycles. The van der Waals surface area contributed by atoms with E-state index in [1.165, 1.54) is 12.8 Å². The monoisotopic (exact) mass is 413 g/mol. The third-order valence-corrected chi connectivity index (χ3v) is 7.14. The Bertz CT molecular complexity index is 1130. The van der Waals surface area contributed by atoms with E-state index in [0.717, 1.165) is 18.9 Å². The van der Waals surface area contributed by atoms with Gasteiger partial charge in [0.1, 0.15) is 11.5 Å². The second-order valence-corrected chi connectivity index (χ2v) is 8.97. The molecule has 6 rings (SSSR count). The van der Waals surface area contributed by atoms with Gasteiger partial charge in [-0.3, -0.25) is 4.40 Å². The zero-order chi connectivity index (χ0) is 20.6. The van der Waals surface area contributed by atoms with Gasteiger partial charge in [-0.05, 0) is 49.4 Å². The van der Waals surface area contributed by atoms with Crippen molar-refractivity contribution >= 4 is 11.5 Å². The molecule has 1 spiro atoms. The molecule has 4 heterocycles. The van der Waals surface area contributed by atoms with Crippen molar-refractivity contribution in [1.29, 1.82) is 0 Å². The van der Waals surface area contributed by atoms with Crippen LogP contribution in [0.15, 0.2) is 42.7 Å². The number of anilines is 1. The third kappa shape index (κ3) is 2.66. The van der Waals surface area contributed by atoms with Crippen molar-refractivity contribution in [2.24, 2.45) is 5.41 Å². The number of rotatable bonds is 4. The molecular formula is C22H22F3N5. The summed E-state index contributed by atoms with van der Waals surface area (Å²) in [5.74, 6) is 0.785. The minimum Gasteiger partial charge on any atom is -0.365 e. The smallest absolute Gasteiger partial charge is 0.365 e. The summed E-state index contributed by atoms with van der Waals surface area (Å²) in [6, 6.07) is 9.31. The molecule has 1 atom stereocenters. The minimum atomic E-state index is -4.24. The van der Waals surface area contributed by atoms with E-state index in [1.807, 2.05) is 18.2 Å². The standard InChI is InChI=1S/C22H22F3N5/c23-22(24,25)21(8-9-21)14-4-5-19-27-10-16(30(19)12-14)15-2-1-3-18(28-15)29-17-11-26-13-20(17)6-7-20/h1-5,10,12,17,26H,6-9,11,13H2,(H,28,29). The van der Waals surface area contributed by atoms with Gasteiger partial charge < -0.3 is 10.6 Å². The van der Waals surface area contributed by atoms with Crippen LogP contribution in [0.3, 0.4) is 0 Å². The van der Waals surface area contributed by atoms with Crippen LogP contribution in [0.25, 0.3) is 17.0 Å². The molecule has 1 saturated heterocycles. The first-order valence-electron chi connectivity index (χ1n) is 10.4. The van der Waals surface area contributed by atoms with Crippen LogP contribution in [-0.4, -0.2) is 39.7 Å². The van der Waals surface area contributed by atoms with E-state index in [-0.39, 0.29) is 12.8 Å². The van der Waals surface area contributed by atoms with Crippen molar-refractivity contribution in [2.45, 2.75) is 43.3 Å². The lowest BCUT2D eigenvalue weighted by Crippen LogP contribution is -2.29. The molecule has 30 heavy (non-hydrogen) atoms. The number of fused-ring (bicyclic) bond motifs is 1. The second kappa shape index (κ2) is 5.97. The SMILES string of the molecule is FC(F)(F)C1(c2ccc3ncc(-c4cccc(NC5CNCC56CC6)n4)n3c2)CC1. The van der Waals surface area contributed by atoms with E-state index in [0.29, 0.717) is 34.1 Å². The molecule has 0 bridgehead atoms. The van der Waals surface area contributed by atoms with Crippen LogP contribution in [-0.2, 0) is 5.41 Å². The first kappa shape index (κ1) is 18.2. The number of alkyl halides is 3. The van der Waals surface area contributed by atoms with E-state index in [4.69, 9.17) is 4.98 Å². The predicted molar refractivity (Wildman–Crippen MR) is 107 cm³/mol. The van der Waals surface area contributed by atoms with Crippen LogP contribution in [0.2, 0.25) is 0 Å². The maximum atomic E-state index is 13.6. The largest absolute Gasteiger partial charge is 0.398 e. The number of halogens is 3. The van der Waals surface area contributed by atoms with Crippen LogP contribution < -0.4 is 10.6 Å². The fraction of sp³-hybridized carbons (Fsp3) is 0.455. The van der Waals surface area contributed by atoms with E-state index >= 15 is 0 Å². The molecule has 3 fully saturated rings. The van der Waals surface area contributed by atoms with E-state index in [9.17, 15) is 13.2 Å². The highest BCUT2D eigenvalue weighted by Crippen LogP contribution is 2.58. The van der Waals surface area contributed by atoms with Crippen LogP contribution in [0.1, 0.15) is 31.2 Å². The lowest BCUT2D eigenvalue weighted by molar-refractivity contribution is -0.160. The Kier molecular flexibility index (Phi) is 3.62. The summed E-state index contributed by atoms with van der Waals surface area (Å²) in [5, 5.41) is 7.01. The summed E-state index contributed by atoms with van der Waals surface area (Å²) in [6.45, 7) is 1.96. The number of imidazole rings is 1. The summed E-state index contributed by atoms with van der Waals surface area (Å²) in [7, 11) is 0. The van der Waals surface area contributed by atoms with E-state index in [2.05, 4.69) is 15.6 Å². The van der Waals surface area contributed by atoms with Gasteiger partial charge in [0.05, 0.1) is 23.0 Å². The molecule has 0 aromatic carbocycles. The zero-order valence-corrected chi connectivity index (χ0v) is 16.3. The quantitative estimate of drug-likeness (QED) is 0.675. The van der Waals surface area contributed by atoms with Crippen molar-refractivity contribution in [3.05, 3.63) is 48.3 Å². The Morgan fingerprint density at radius 1 is 1.10 bits per heavy atom. The summed E-state index contributed by atoms with van der Waals surface area (Å²) < 4.78 is 42.5. The molecule has 0 radical (unpaired) electrons. The molecule has 1 unspecified atom stereocenters. The van der Waals surface area contributed by atoms with Gasteiger partial charge in [0.2, 0.25) is 0 Å². The van der Waals surface area contributed by atoms with Crippen LogP contribution >= 0.6 is 0 Å². The van der Waals surface area contributed by atoms with Crippen molar-refractivity contribution in [1.82, 2.24) is 19.7 Å². The molecule has 1 aliphatic heterocycles. The molecule has 0 amide bonds. The maximum Gasteiger partial charge on any atom is 0.398 e. The van der Waals surface area contributed by atoms with E-state index < -0.39 is 11.6 Å². The highest BCUT2D eigenvalue weighted by Gasteiger charge is 2.64. The molecule has 5 nitrogen and oxygen atoms in total. The number of hydrogen-bond donors (Lipinski definition) is 2. The fourth-order valence-electron chi connectivity index (χ4n) is 4.85. The average Bonchev–Trinajstić information content (AvgIpc) is 3.61. The van der Waals surface area contributed by atoms with Gasteiger partial charge in [-0.25, -0.2) is 9.97 Å². The summed E-state index contributed by atoms with van der Waals surface area (Å²) in [6.07, 6.45) is 1.76. The topological polar surface area (TPSA) is 54.2 Å². The van der Waals surface area contributed by atoms with Crippen molar-refractivity contribution < 1.29 is 13.2 Å². The highest BCUT2D eigenvalue weighted by atomic mass is 19.4. The molecule has 3 aromatic heterocycles. The number of nitrogens with zero attached hydrogens (tertiary/aromatic N) is 3. The van der Waals surface area contributed by atoms with Gasteiger partial charge in [0.15, 0.2) is 0 Å². The molecule has 2 N–H and O–H groups in total. The molecule has 8 heteroatoms. The van der Waals surface area contributed by atoms with Crippen molar-refractivity contribution in [3.63, 3.8) is 0 Å². The minimum absolute atomic E-state index is 0.140. The van der Waals surface area contributed by atoms with Crippen LogP contribution in [0.5, 0.6) is 0 Å². The van der Waals surface area contributed by atoms with Gasteiger partial charge in [-0.2, -0.15) is 13.2 Å². The van der Waals surface area contributed by atoms with Gasteiger partial charge in [0, 0.05) is 30.7 Å². The Morgan fingerprint density at radius 3 is 2.67 bits per heavy atom.